The summed E-state index contributed by atoms with van der Waals surface area (Å²) >= 11 is 0. The SMILES string of the molecule is CC.F.O=C1c2cn(-c3cnc(N4CCCC4)cn3)nc2CN1c1cccnc1. The molecule has 152 valence electrons. The van der Waals surface area contributed by atoms with Gasteiger partial charge in [-0.25, -0.2) is 14.6 Å². The molecule has 1 saturated heterocycles. The number of nitrogens with zero attached hydrogens (tertiary/aromatic N) is 7. The van der Waals surface area contributed by atoms with Crippen molar-refractivity contribution < 1.29 is 9.50 Å². The Hall–Kier alpha value is -3.36. The first-order valence-electron chi connectivity index (χ1n) is 9.67. The van der Waals surface area contributed by atoms with Crippen LogP contribution < -0.4 is 9.80 Å². The van der Waals surface area contributed by atoms with Gasteiger partial charge in [-0.1, -0.05) is 13.8 Å². The molecule has 0 spiro atoms. The third-order valence-electron chi connectivity index (χ3n) is 4.82. The second kappa shape index (κ2) is 8.76. The van der Waals surface area contributed by atoms with Gasteiger partial charge in [0, 0.05) is 25.5 Å². The number of rotatable bonds is 3. The van der Waals surface area contributed by atoms with Crippen LogP contribution in [0.1, 0.15) is 42.7 Å². The van der Waals surface area contributed by atoms with Crippen molar-refractivity contribution in [2.24, 2.45) is 0 Å². The van der Waals surface area contributed by atoms with Crippen LogP contribution in [0.4, 0.5) is 16.2 Å². The fourth-order valence-corrected chi connectivity index (χ4v) is 3.45. The average Bonchev–Trinajstić information content (AvgIpc) is 3.49. The van der Waals surface area contributed by atoms with Gasteiger partial charge >= 0.3 is 0 Å². The van der Waals surface area contributed by atoms with Gasteiger partial charge in [0.1, 0.15) is 5.82 Å². The Morgan fingerprint density at radius 2 is 1.72 bits per heavy atom. The number of carbonyl (C=O) groups excluding carboxylic acids is 1. The standard InChI is InChI=1S/C18H17N7O.C2H6.FH/c26-18-14-11-25(17-10-20-16(9-21-17)23-6-1-2-7-23)22-15(14)12-24(18)13-4-3-5-19-8-13;1-2;/h3-5,8-11H,1-2,6-7,12H2;1-2H3;1H. The summed E-state index contributed by atoms with van der Waals surface area (Å²) in [4.78, 5) is 29.6. The zero-order valence-corrected chi connectivity index (χ0v) is 16.5. The number of anilines is 2. The highest BCUT2D eigenvalue weighted by Gasteiger charge is 2.32. The molecule has 9 heteroatoms. The quantitative estimate of drug-likeness (QED) is 0.676. The molecule has 1 fully saturated rings. The second-order valence-corrected chi connectivity index (χ2v) is 6.46. The zero-order valence-electron chi connectivity index (χ0n) is 16.5. The van der Waals surface area contributed by atoms with Gasteiger partial charge in [-0.2, -0.15) is 5.10 Å². The van der Waals surface area contributed by atoms with Crippen LogP contribution in [0, 0.1) is 0 Å². The van der Waals surface area contributed by atoms with Crippen LogP contribution >= 0.6 is 0 Å². The van der Waals surface area contributed by atoms with Gasteiger partial charge in [0.05, 0.1) is 42.1 Å². The number of hydrogen-bond donors (Lipinski definition) is 0. The molecule has 3 aromatic heterocycles. The molecule has 0 unspecified atom stereocenters. The van der Waals surface area contributed by atoms with Gasteiger partial charge in [0.25, 0.3) is 5.91 Å². The molecule has 3 aromatic rings. The Balaban J connectivity index is 0.000000778. The number of hydrogen-bond acceptors (Lipinski definition) is 6. The normalized spacial score (nSPS) is 14.9. The molecular weight excluding hydrogens is 373 g/mol. The lowest BCUT2D eigenvalue weighted by Crippen LogP contribution is -2.24. The van der Waals surface area contributed by atoms with Crippen LogP contribution in [-0.4, -0.2) is 43.7 Å². The fraction of sp³-hybridized carbons (Fsp3) is 0.350. The predicted molar refractivity (Wildman–Crippen MR) is 109 cm³/mol. The summed E-state index contributed by atoms with van der Waals surface area (Å²) in [6.45, 7) is 6.50. The van der Waals surface area contributed by atoms with Gasteiger partial charge in [-0.15, -0.1) is 0 Å². The molecule has 0 aliphatic carbocycles. The van der Waals surface area contributed by atoms with E-state index in [9.17, 15) is 4.79 Å². The van der Waals surface area contributed by atoms with E-state index in [0.29, 0.717) is 17.9 Å². The van der Waals surface area contributed by atoms with Crippen molar-refractivity contribution in [1.82, 2.24) is 24.7 Å². The number of halogens is 1. The molecular formula is C20H24FN7O. The third-order valence-corrected chi connectivity index (χ3v) is 4.82. The topological polar surface area (TPSA) is 80.0 Å². The minimum absolute atomic E-state index is 0. The molecule has 0 bridgehead atoms. The van der Waals surface area contributed by atoms with Crippen molar-refractivity contribution in [2.45, 2.75) is 33.2 Å². The van der Waals surface area contributed by atoms with Crippen molar-refractivity contribution in [1.29, 1.82) is 0 Å². The Labute approximate surface area is 168 Å². The second-order valence-electron chi connectivity index (χ2n) is 6.46. The van der Waals surface area contributed by atoms with E-state index in [4.69, 9.17) is 0 Å². The number of aromatic nitrogens is 5. The molecule has 0 saturated carbocycles. The van der Waals surface area contributed by atoms with E-state index in [1.807, 2.05) is 26.0 Å². The van der Waals surface area contributed by atoms with Gasteiger partial charge < -0.3 is 9.80 Å². The summed E-state index contributed by atoms with van der Waals surface area (Å²) in [5, 5.41) is 4.53. The zero-order chi connectivity index (χ0) is 19.5. The lowest BCUT2D eigenvalue weighted by Gasteiger charge is -2.16. The molecule has 5 rings (SSSR count). The Kier molecular flexibility index (Phi) is 6.16. The maximum atomic E-state index is 12.7. The van der Waals surface area contributed by atoms with Crippen molar-refractivity contribution in [3.05, 3.63) is 54.4 Å². The maximum absolute atomic E-state index is 12.7. The molecule has 0 atom stereocenters. The summed E-state index contributed by atoms with van der Waals surface area (Å²) in [5.41, 5.74) is 2.11. The van der Waals surface area contributed by atoms with Gasteiger partial charge in [-0.3, -0.25) is 14.5 Å². The molecule has 1 amide bonds. The summed E-state index contributed by atoms with van der Waals surface area (Å²) in [6.07, 6.45) is 11.0. The van der Waals surface area contributed by atoms with Gasteiger partial charge in [-0.05, 0) is 25.0 Å². The Morgan fingerprint density at radius 1 is 1.00 bits per heavy atom. The number of carbonyl (C=O) groups is 1. The highest BCUT2D eigenvalue weighted by molar-refractivity contribution is 6.09. The molecule has 0 aromatic carbocycles. The van der Waals surface area contributed by atoms with Crippen molar-refractivity contribution in [2.75, 3.05) is 22.9 Å². The van der Waals surface area contributed by atoms with Crippen LogP contribution in [0.2, 0.25) is 0 Å². The fourth-order valence-electron chi connectivity index (χ4n) is 3.45. The van der Waals surface area contributed by atoms with Crippen molar-refractivity contribution in [3.63, 3.8) is 0 Å². The molecule has 29 heavy (non-hydrogen) atoms. The van der Waals surface area contributed by atoms with Crippen molar-refractivity contribution >= 4 is 17.4 Å². The van der Waals surface area contributed by atoms with E-state index in [-0.39, 0.29) is 10.6 Å². The first kappa shape index (κ1) is 20.4. The molecule has 0 N–H and O–H groups in total. The minimum atomic E-state index is -0.0686. The van der Waals surface area contributed by atoms with E-state index in [1.54, 1.807) is 40.6 Å². The smallest absolute Gasteiger partial charge is 0.262 e. The molecule has 0 radical (unpaired) electrons. The third kappa shape index (κ3) is 3.80. The van der Waals surface area contributed by atoms with E-state index >= 15 is 0 Å². The Bertz CT molecular complexity index is 953. The van der Waals surface area contributed by atoms with Crippen LogP contribution in [0.3, 0.4) is 0 Å². The Morgan fingerprint density at radius 3 is 2.34 bits per heavy atom. The molecule has 5 heterocycles. The molecule has 8 nitrogen and oxygen atoms in total. The van der Waals surface area contributed by atoms with E-state index in [2.05, 4.69) is 25.0 Å². The largest absolute Gasteiger partial charge is 0.355 e. The average molecular weight is 397 g/mol. The lowest BCUT2D eigenvalue weighted by atomic mass is 10.3. The van der Waals surface area contributed by atoms with Crippen LogP contribution in [0.5, 0.6) is 0 Å². The number of pyridine rings is 1. The summed E-state index contributed by atoms with van der Waals surface area (Å²) < 4.78 is 1.63. The lowest BCUT2D eigenvalue weighted by molar-refractivity contribution is 0.0996. The number of fused-ring (bicyclic) bond motifs is 1. The minimum Gasteiger partial charge on any atom is -0.355 e. The highest BCUT2D eigenvalue weighted by Crippen LogP contribution is 2.27. The first-order chi connectivity index (χ1) is 13.8. The van der Waals surface area contributed by atoms with Crippen LogP contribution in [0.15, 0.2) is 43.1 Å². The predicted octanol–water partition coefficient (Wildman–Crippen LogP) is 3.00. The first-order valence-corrected chi connectivity index (χ1v) is 9.67. The molecule has 2 aliphatic heterocycles. The monoisotopic (exact) mass is 397 g/mol. The van der Waals surface area contributed by atoms with E-state index in [1.165, 1.54) is 12.8 Å². The maximum Gasteiger partial charge on any atom is 0.262 e. The van der Waals surface area contributed by atoms with E-state index in [0.717, 1.165) is 30.3 Å². The summed E-state index contributed by atoms with van der Waals surface area (Å²) in [7, 11) is 0. The molecule has 2 aliphatic rings. The number of amides is 1. The van der Waals surface area contributed by atoms with Crippen molar-refractivity contribution in [3.8, 4) is 5.82 Å². The van der Waals surface area contributed by atoms with Gasteiger partial charge in [0.15, 0.2) is 5.82 Å². The van der Waals surface area contributed by atoms with E-state index < -0.39 is 0 Å². The highest BCUT2D eigenvalue weighted by atomic mass is 19.0. The van der Waals surface area contributed by atoms with Gasteiger partial charge in [0.2, 0.25) is 0 Å². The summed E-state index contributed by atoms with van der Waals surface area (Å²) in [6, 6.07) is 3.68. The van der Waals surface area contributed by atoms with Crippen LogP contribution in [0.25, 0.3) is 5.82 Å². The summed E-state index contributed by atoms with van der Waals surface area (Å²) in [5.74, 6) is 1.44. The van der Waals surface area contributed by atoms with Crippen LogP contribution in [-0.2, 0) is 6.54 Å².